The van der Waals surface area contributed by atoms with Crippen molar-refractivity contribution >= 4 is 29.0 Å². The predicted molar refractivity (Wildman–Crippen MR) is 114 cm³/mol. The van der Waals surface area contributed by atoms with Crippen molar-refractivity contribution < 1.29 is 18.3 Å². The van der Waals surface area contributed by atoms with Gasteiger partial charge in [0.25, 0.3) is 0 Å². The van der Waals surface area contributed by atoms with Crippen LogP contribution in [0.3, 0.4) is 0 Å². The number of ether oxygens (including phenoxy) is 1. The molecule has 3 aromatic rings. The molecule has 0 aromatic heterocycles. The number of benzene rings is 3. The number of carbonyl (C=O) groups excluding carboxylic acids is 1. The van der Waals surface area contributed by atoms with Crippen LogP contribution in [0.15, 0.2) is 72.8 Å². The van der Waals surface area contributed by atoms with E-state index in [4.69, 9.17) is 11.6 Å². The fourth-order valence-corrected chi connectivity index (χ4v) is 3.71. The third-order valence-electron chi connectivity index (χ3n) is 5.02. The number of halogens is 3. The lowest BCUT2D eigenvalue weighted by atomic mass is 10.1. The predicted octanol–water partition coefficient (Wildman–Crippen LogP) is 6.44. The number of hydrogen-bond acceptors (Lipinski definition) is 2. The van der Waals surface area contributed by atoms with Crippen molar-refractivity contribution in [3.05, 3.63) is 88.9 Å². The third kappa shape index (κ3) is 4.09. The van der Waals surface area contributed by atoms with Crippen LogP contribution in [0.4, 0.5) is 25.0 Å². The Morgan fingerprint density at radius 1 is 1.00 bits per heavy atom. The number of carbonyl (C=O) groups is 1. The highest BCUT2D eigenvalue weighted by Crippen LogP contribution is 2.38. The van der Waals surface area contributed by atoms with Crippen molar-refractivity contribution in [2.24, 2.45) is 0 Å². The molecule has 0 aliphatic carbocycles. The van der Waals surface area contributed by atoms with Gasteiger partial charge in [-0.1, -0.05) is 41.4 Å². The van der Waals surface area contributed by atoms with Gasteiger partial charge < -0.3 is 4.74 Å². The van der Waals surface area contributed by atoms with E-state index in [0.29, 0.717) is 22.8 Å². The van der Waals surface area contributed by atoms with E-state index >= 15 is 0 Å². The van der Waals surface area contributed by atoms with Gasteiger partial charge in [-0.25, -0.2) is 4.79 Å². The largest absolute Gasteiger partial charge is 0.435 e. The summed E-state index contributed by atoms with van der Waals surface area (Å²) < 4.78 is 29.9. The van der Waals surface area contributed by atoms with Crippen LogP contribution in [0.2, 0.25) is 5.02 Å². The zero-order chi connectivity index (χ0) is 21.3. The summed E-state index contributed by atoms with van der Waals surface area (Å²) in [6.07, 6.45) is 0. The van der Waals surface area contributed by atoms with E-state index in [1.54, 1.807) is 52.3 Å². The number of rotatable bonds is 5. The Morgan fingerprint density at radius 3 is 2.33 bits per heavy atom. The number of anilines is 2. The Kier molecular flexibility index (Phi) is 5.59. The van der Waals surface area contributed by atoms with Crippen LogP contribution < -0.4 is 14.5 Å². The SMILES string of the molecule is Cc1ccc(N2CC(c3cccc(OC(F)F)c3)N(c3ccc(Cl)cc3)C2=O)cc1. The van der Waals surface area contributed by atoms with Crippen LogP contribution in [0.5, 0.6) is 5.75 Å². The Bertz CT molecular complexity index is 1040. The maximum Gasteiger partial charge on any atom is 0.387 e. The monoisotopic (exact) mass is 428 g/mol. The molecule has 0 N–H and O–H groups in total. The molecule has 1 unspecified atom stereocenters. The number of amides is 2. The number of urea groups is 1. The fraction of sp³-hybridized carbons (Fsp3) is 0.174. The molecule has 1 saturated heterocycles. The van der Waals surface area contributed by atoms with Crippen molar-refractivity contribution in [1.82, 2.24) is 0 Å². The normalized spacial score (nSPS) is 16.4. The number of alkyl halides is 2. The molecule has 1 aliphatic heterocycles. The minimum Gasteiger partial charge on any atom is -0.435 e. The molecule has 0 radical (unpaired) electrons. The van der Waals surface area contributed by atoms with Crippen molar-refractivity contribution in [2.45, 2.75) is 19.6 Å². The van der Waals surface area contributed by atoms with Crippen molar-refractivity contribution in [1.29, 1.82) is 0 Å². The van der Waals surface area contributed by atoms with Gasteiger partial charge in [0.1, 0.15) is 5.75 Å². The summed E-state index contributed by atoms with van der Waals surface area (Å²) in [7, 11) is 0. The van der Waals surface area contributed by atoms with E-state index in [2.05, 4.69) is 4.74 Å². The summed E-state index contributed by atoms with van der Waals surface area (Å²) in [5.74, 6) is 0.0554. The van der Waals surface area contributed by atoms with Gasteiger partial charge in [0, 0.05) is 16.4 Å². The Balaban J connectivity index is 1.74. The van der Waals surface area contributed by atoms with Crippen molar-refractivity contribution in [3.8, 4) is 5.75 Å². The highest BCUT2D eigenvalue weighted by Gasteiger charge is 2.40. The second-order valence-electron chi connectivity index (χ2n) is 7.04. The smallest absolute Gasteiger partial charge is 0.387 e. The molecule has 0 spiro atoms. The van der Waals surface area contributed by atoms with Gasteiger partial charge in [0.05, 0.1) is 12.6 Å². The molecule has 1 fully saturated rings. The summed E-state index contributed by atoms with van der Waals surface area (Å²) in [6.45, 7) is -0.572. The third-order valence-corrected chi connectivity index (χ3v) is 5.27. The maximum atomic E-state index is 13.4. The van der Waals surface area contributed by atoms with E-state index in [-0.39, 0.29) is 17.8 Å². The molecule has 30 heavy (non-hydrogen) atoms. The molecule has 1 heterocycles. The molecule has 154 valence electrons. The van der Waals surface area contributed by atoms with Gasteiger partial charge in [0.15, 0.2) is 0 Å². The van der Waals surface area contributed by atoms with Gasteiger partial charge in [-0.2, -0.15) is 8.78 Å². The standard InChI is InChI=1S/C23H19ClF2N2O2/c1-15-5-9-18(10-6-15)27-14-21(16-3-2-4-20(13-16)30-22(25)26)28(23(27)29)19-11-7-17(24)8-12-19/h2-13,21-22H,14H2,1H3. The summed E-state index contributed by atoms with van der Waals surface area (Å²) in [6, 6.07) is 20.5. The van der Waals surface area contributed by atoms with Crippen LogP contribution in [-0.4, -0.2) is 19.2 Å². The van der Waals surface area contributed by atoms with Crippen LogP contribution in [0.25, 0.3) is 0 Å². The van der Waals surface area contributed by atoms with Gasteiger partial charge in [-0.15, -0.1) is 0 Å². The molecule has 0 saturated carbocycles. The molecule has 2 amide bonds. The lowest BCUT2D eigenvalue weighted by Gasteiger charge is -2.24. The number of nitrogens with zero attached hydrogens (tertiary/aromatic N) is 2. The van der Waals surface area contributed by atoms with E-state index in [1.165, 1.54) is 6.07 Å². The second kappa shape index (κ2) is 8.32. The first kappa shape index (κ1) is 20.2. The number of aryl methyl sites for hydroxylation is 1. The van der Waals surface area contributed by atoms with Crippen molar-refractivity contribution in [2.75, 3.05) is 16.3 Å². The molecule has 4 rings (SSSR count). The van der Waals surface area contributed by atoms with E-state index in [9.17, 15) is 13.6 Å². The Hall–Kier alpha value is -3.12. The highest BCUT2D eigenvalue weighted by molar-refractivity contribution is 6.30. The average Bonchev–Trinajstić information content (AvgIpc) is 3.06. The molecule has 1 aliphatic rings. The van der Waals surface area contributed by atoms with Gasteiger partial charge in [-0.05, 0) is 61.0 Å². The molecule has 4 nitrogen and oxygen atoms in total. The molecule has 1 atom stereocenters. The minimum absolute atomic E-state index is 0.0554. The van der Waals surface area contributed by atoms with Crippen LogP contribution in [0.1, 0.15) is 17.2 Å². The molecular formula is C23H19ClF2N2O2. The van der Waals surface area contributed by atoms with E-state index < -0.39 is 6.61 Å². The van der Waals surface area contributed by atoms with E-state index in [0.717, 1.165) is 11.3 Å². The molecular weight excluding hydrogens is 410 g/mol. The van der Waals surface area contributed by atoms with Crippen molar-refractivity contribution in [3.63, 3.8) is 0 Å². The van der Waals surface area contributed by atoms with E-state index in [1.807, 2.05) is 31.2 Å². The molecule has 3 aromatic carbocycles. The Labute approximate surface area is 178 Å². The maximum absolute atomic E-state index is 13.4. The Morgan fingerprint density at radius 2 is 1.67 bits per heavy atom. The summed E-state index contributed by atoms with van der Waals surface area (Å²) in [5, 5.41) is 0.560. The highest BCUT2D eigenvalue weighted by atomic mass is 35.5. The summed E-state index contributed by atoms with van der Waals surface area (Å²) in [4.78, 5) is 16.7. The zero-order valence-electron chi connectivity index (χ0n) is 16.1. The minimum atomic E-state index is -2.91. The van der Waals surface area contributed by atoms with Gasteiger partial charge in [0.2, 0.25) is 0 Å². The van der Waals surface area contributed by atoms with Crippen LogP contribution in [-0.2, 0) is 0 Å². The lowest BCUT2D eigenvalue weighted by Crippen LogP contribution is -2.32. The summed E-state index contributed by atoms with van der Waals surface area (Å²) in [5.41, 5.74) is 3.23. The van der Waals surface area contributed by atoms with Crippen LogP contribution >= 0.6 is 11.6 Å². The molecule has 0 bridgehead atoms. The first-order chi connectivity index (χ1) is 14.4. The quantitative estimate of drug-likeness (QED) is 0.468. The average molecular weight is 429 g/mol. The summed E-state index contributed by atoms with van der Waals surface area (Å²) >= 11 is 6.02. The lowest BCUT2D eigenvalue weighted by molar-refractivity contribution is -0.0498. The zero-order valence-corrected chi connectivity index (χ0v) is 16.9. The topological polar surface area (TPSA) is 32.8 Å². The molecule has 7 heteroatoms. The number of hydrogen-bond donors (Lipinski definition) is 0. The first-order valence-electron chi connectivity index (χ1n) is 9.40. The second-order valence-corrected chi connectivity index (χ2v) is 7.48. The van der Waals surface area contributed by atoms with Gasteiger partial charge in [-0.3, -0.25) is 9.80 Å². The van der Waals surface area contributed by atoms with Gasteiger partial charge >= 0.3 is 12.6 Å². The van der Waals surface area contributed by atoms with Crippen LogP contribution in [0, 0.1) is 6.92 Å². The fourth-order valence-electron chi connectivity index (χ4n) is 3.58. The first-order valence-corrected chi connectivity index (χ1v) is 9.78.